The van der Waals surface area contributed by atoms with Crippen LogP contribution in [0.5, 0.6) is 0 Å². The van der Waals surface area contributed by atoms with Gasteiger partial charge in [-0.15, -0.1) is 0 Å². The predicted octanol–water partition coefficient (Wildman–Crippen LogP) is 2.62. The number of hydrogen-bond acceptors (Lipinski definition) is 4. The molecule has 1 aromatic carbocycles. The second-order valence-corrected chi connectivity index (χ2v) is 4.09. The number of hydrogen-bond donors (Lipinski definition) is 2. The van der Waals surface area contributed by atoms with Gasteiger partial charge in [-0.05, 0) is 6.07 Å². The first-order valence-corrected chi connectivity index (χ1v) is 5.59. The van der Waals surface area contributed by atoms with Crippen molar-refractivity contribution in [2.24, 2.45) is 0 Å². The van der Waals surface area contributed by atoms with E-state index in [9.17, 15) is 13.2 Å². The molecule has 0 aliphatic rings. The molecule has 0 atom stereocenters. The maximum atomic E-state index is 13.0. The molecule has 0 fully saturated rings. The Labute approximate surface area is 110 Å². The lowest BCUT2D eigenvalue weighted by Crippen LogP contribution is -2.07. The predicted molar refractivity (Wildman–Crippen MR) is 66.5 cm³/mol. The molecule has 5 nitrogen and oxygen atoms in total. The third-order valence-electron chi connectivity index (χ3n) is 2.81. The number of H-pyrrole nitrogens is 1. The second-order valence-electron chi connectivity index (χ2n) is 4.09. The average Bonchev–Trinajstić information content (AvgIpc) is 2.83. The lowest BCUT2D eigenvalue weighted by Gasteiger charge is -2.10. The Kier molecular flexibility index (Phi) is 2.60. The molecule has 0 aliphatic heterocycles. The van der Waals surface area contributed by atoms with Crippen molar-refractivity contribution in [3.8, 4) is 11.4 Å². The van der Waals surface area contributed by atoms with E-state index in [1.54, 1.807) is 0 Å². The smallest absolute Gasteiger partial charge is 0.382 e. The number of nitrogens with zero attached hydrogens (tertiary/aromatic N) is 3. The van der Waals surface area contributed by atoms with Crippen molar-refractivity contribution in [3.63, 3.8) is 0 Å². The Morgan fingerprint density at radius 2 is 1.85 bits per heavy atom. The van der Waals surface area contributed by atoms with Gasteiger partial charge in [-0.3, -0.25) is 0 Å². The standard InChI is InChI=1S/C12H8F3N5/c13-12(14,15)7-4-2-1-3-6(7)10-19-8-9(16)17-5-18-11(8)20-10/h1-5H,(H3,16,17,18,19,20). The number of nitrogen functional groups attached to an aromatic ring is 1. The van der Waals surface area contributed by atoms with Gasteiger partial charge >= 0.3 is 6.18 Å². The van der Waals surface area contributed by atoms with Crippen molar-refractivity contribution in [1.82, 2.24) is 19.9 Å². The lowest BCUT2D eigenvalue weighted by atomic mass is 10.1. The molecule has 0 saturated heterocycles. The van der Waals surface area contributed by atoms with Crippen molar-refractivity contribution in [2.45, 2.75) is 6.18 Å². The zero-order chi connectivity index (χ0) is 14.3. The zero-order valence-electron chi connectivity index (χ0n) is 9.94. The highest BCUT2D eigenvalue weighted by Crippen LogP contribution is 2.36. The van der Waals surface area contributed by atoms with Gasteiger partial charge in [0.25, 0.3) is 0 Å². The number of halogens is 3. The third kappa shape index (κ3) is 1.94. The summed E-state index contributed by atoms with van der Waals surface area (Å²) >= 11 is 0. The van der Waals surface area contributed by atoms with E-state index >= 15 is 0 Å². The molecule has 0 bridgehead atoms. The van der Waals surface area contributed by atoms with Crippen molar-refractivity contribution in [3.05, 3.63) is 36.2 Å². The van der Waals surface area contributed by atoms with E-state index in [0.717, 1.165) is 6.07 Å². The zero-order valence-corrected chi connectivity index (χ0v) is 9.94. The largest absolute Gasteiger partial charge is 0.417 e. The van der Waals surface area contributed by atoms with Gasteiger partial charge in [-0.1, -0.05) is 18.2 Å². The van der Waals surface area contributed by atoms with E-state index in [4.69, 9.17) is 5.73 Å². The Balaban J connectivity index is 2.24. The topological polar surface area (TPSA) is 80.5 Å². The molecule has 0 spiro atoms. The van der Waals surface area contributed by atoms with Crippen LogP contribution in [0.25, 0.3) is 22.6 Å². The molecule has 2 heterocycles. The summed E-state index contributed by atoms with van der Waals surface area (Å²) in [5.41, 5.74) is 5.34. The normalized spacial score (nSPS) is 11.9. The van der Waals surface area contributed by atoms with E-state index in [1.165, 1.54) is 24.5 Å². The number of rotatable bonds is 1. The highest BCUT2D eigenvalue weighted by molar-refractivity contribution is 5.84. The molecule has 0 amide bonds. The summed E-state index contributed by atoms with van der Waals surface area (Å²) in [6.45, 7) is 0. The first-order chi connectivity index (χ1) is 9.47. The number of aromatic amines is 1. The van der Waals surface area contributed by atoms with Crippen LogP contribution < -0.4 is 5.73 Å². The summed E-state index contributed by atoms with van der Waals surface area (Å²) in [5, 5.41) is 0. The van der Waals surface area contributed by atoms with Gasteiger partial charge in [-0.25, -0.2) is 15.0 Å². The lowest BCUT2D eigenvalue weighted by molar-refractivity contribution is -0.137. The summed E-state index contributed by atoms with van der Waals surface area (Å²) in [6.07, 6.45) is -3.26. The minimum atomic E-state index is -4.47. The quantitative estimate of drug-likeness (QED) is 0.717. The minimum absolute atomic E-state index is 0.0557. The number of nitrogens with one attached hydrogen (secondary N) is 1. The fourth-order valence-electron chi connectivity index (χ4n) is 1.91. The van der Waals surface area contributed by atoms with Crippen LogP contribution >= 0.6 is 0 Å². The molecule has 20 heavy (non-hydrogen) atoms. The molecule has 0 unspecified atom stereocenters. The van der Waals surface area contributed by atoms with Gasteiger partial charge in [-0.2, -0.15) is 13.2 Å². The summed E-state index contributed by atoms with van der Waals surface area (Å²) in [6, 6.07) is 5.16. The van der Waals surface area contributed by atoms with Crippen LogP contribution in [0.2, 0.25) is 0 Å². The number of fused-ring (bicyclic) bond motifs is 1. The molecule has 0 saturated carbocycles. The molecule has 0 radical (unpaired) electrons. The van der Waals surface area contributed by atoms with Crippen LogP contribution in [0.4, 0.5) is 19.0 Å². The number of anilines is 1. The highest BCUT2D eigenvalue weighted by atomic mass is 19.4. The van der Waals surface area contributed by atoms with E-state index in [-0.39, 0.29) is 22.9 Å². The Hall–Kier alpha value is -2.64. The van der Waals surface area contributed by atoms with E-state index in [1.807, 2.05) is 0 Å². The number of nitrogens with two attached hydrogens (primary N) is 1. The molecule has 0 aliphatic carbocycles. The van der Waals surface area contributed by atoms with Crippen LogP contribution in [-0.4, -0.2) is 19.9 Å². The molecular weight excluding hydrogens is 271 g/mol. The van der Waals surface area contributed by atoms with Crippen LogP contribution in [0.1, 0.15) is 5.56 Å². The van der Waals surface area contributed by atoms with Gasteiger partial charge in [0.1, 0.15) is 17.7 Å². The van der Waals surface area contributed by atoms with Gasteiger partial charge in [0.15, 0.2) is 11.5 Å². The minimum Gasteiger partial charge on any atom is -0.382 e. The Morgan fingerprint density at radius 1 is 1.10 bits per heavy atom. The highest BCUT2D eigenvalue weighted by Gasteiger charge is 2.34. The van der Waals surface area contributed by atoms with Crippen LogP contribution in [0.15, 0.2) is 30.6 Å². The van der Waals surface area contributed by atoms with E-state index in [0.29, 0.717) is 5.52 Å². The molecular formula is C12H8F3N5. The van der Waals surface area contributed by atoms with Gasteiger partial charge < -0.3 is 10.7 Å². The Bertz CT molecular complexity index is 778. The fraction of sp³-hybridized carbons (Fsp3) is 0.0833. The molecule has 3 aromatic rings. The SMILES string of the molecule is Nc1ncnc2nc(-c3ccccc3C(F)(F)F)[nH]c12. The summed E-state index contributed by atoms with van der Waals surface area (Å²) < 4.78 is 38.9. The Morgan fingerprint density at radius 3 is 2.55 bits per heavy atom. The van der Waals surface area contributed by atoms with Crippen molar-refractivity contribution in [2.75, 3.05) is 5.73 Å². The van der Waals surface area contributed by atoms with Crippen LogP contribution in [0.3, 0.4) is 0 Å². The van der Waals surface area contributed by atoms with Crippen molar-refractivity contribution in [1.29, 1.82) is 0 Å². The average molecular weight is 279 g/mol. The van der Waals surface area contributed by atoms with E-state index in [2.05, 4.69) is 19.9 Å². The number of alkyl halides is 3. The first kappa shape index (κ1) is 12.4. The van der Waals surface area contributed by atoms with Crippen LogP contribution in [-0.2, 0) is 6.18 Å². The maximum absolute atomic E-state index is 13.0. The van der Waals surface area contributed by atoms with Crippen LogP contribution in [0, 0.1) is 0 Å². The summed E-state index contributed by atoms with van der Waals surface area (Å²) in [4.78, 5) is 14.4. The molecule has 3 rings (SSSR count). The third-order valence-corrected chi connectivity index (χ3v) is 2.81. The summed E-state index contributed by atoms with van der Waals surface area (Å²) in [5.74, 6) is 0.193. The second kappa shape index (κ2) is 4.19. The number of imidazole rings is 1. The van der Waals surface area contributed by atoms with E-state index < -0.39 is 11.7 Å². The fourth-order valence-corrected chi connectivity index (χ4v) is 1.91. The summed E-state index contributed by atoms with van der Waals surface area (Å²) in [7, 11) is 0. The monoisotopic (exact) mass is 279 g/mol. The van der Waals surface area contributed by atoms with Crippen molar-refractivity contribution >= 4 is 17.0 Å². The van der Waals surface area contributed by atoms with Gasteiger partial charge in [0, 0.05) is 5.56 Å². The number of aromatic nitrogens is 4. The first-order valence-electron chi connectivity index (χ1n) is 5.59. The molecule has 8 heteroatoms. The number of benzene rings is 1. The molecule has 102 valence electrons. The molecule has 3 N–H and O–H groups in total. The van der Waals surface area contributed by atoms with Gasteiger partial charge in [0.05, 0.1) is 5.56 Å². The van der Waals surface area contributed by atoms with Crippen molar-refractivity contribution < 1.29 is 13.2 Å². The van der Waals surface area contributed by atoms with Gasteiger partial charge in [0.2, 0.25) is 0 Å². The maximum Gasteiger partial charge on any atom is 0.417 e. The molecule has 2 aromatic heterocycles.